The van der Waals surface area contributed by atoms with Crippen LogP contribution in [0.4, 0.5) is 0 Å². The maximum absolute atomic E-state index is 6.05. The Balaban J connectivity index is 1.55. The fourth-order valence-electron chi connectivity index (χ4n) is 4.85. The summed E-state index contributed by atoms with van der Waals surface area (Å²) in [5.41, 5.74) is 0. The van der Waals surface area contributed by atoms with E-state index in [2.05, 4.69) is 6.92 Å². The summed E-state index contributed by atoms with van der Waals surface area (Å²) in [6, 6.07) is 0.986. The van der Waals surface area contributed by atoms with Crippen LogP contribution in [0.2, 0.25) is 6.04 Å². The largest absolute Gasteiger partial charge is 0.378 e. The van der Waals surface area contributed by atoms with E-state index in [0.717, 1.165) is 36.8 Å². The second-order valence-corrected chi connectivity index (χ2v) is 13.4. The van der Waals surface area contributed by atoms with E-state index in [1.54, 1.807) is 0 Å². The molecular formula is C20H38Cl2OSi. The smallest absolute Gasteiger partial charge is 0.237 e. The van der Waals surface area contributed by atoms with Gasteiger partial charge in [0, 0.05) is 6.61 Å². The summed E-state index contributed by atoms with van der Waals surface area (Å²) in [6.45, 7) is 3.17. The van der Waals surface area contributed by atoms with Gasteiger partial charge in [0.1, 0.15) is 0 Å². The molecule has 2 fully saturated rings. The zero-order chi connectivity index (χ0) is 17.2. The van der Waals surface area contributed by atoms with Crippen molar-refractivity contribution in [2.24, 2.45) is 17.8 Å². The topological polar surface area (TPSA) is 9.23 Å². The van der Waals surface area contributed by atoms with E-state index in [9.17, 15) is 0 Å². The van der Waals surface area contributed by atoms with E-state index < -0.39 is 7.42 Å². The van der Waals surface area contributed by atoms with Crippen molar-refractivity contribution in [1.82, 2.24) is 0 Å². The second kappa shape index (κ2) is 12.2. The van der Waals surface area contributed by atoms with Gasteiger partial charge in [0.05, 0.1) is 6.10 Å². The fourth-order valence-corrected chi connectivity index (χ4v) is 6.25. The predicted octanol–water partition coefficient (Wildman–Crippen LogP) is 7.04. The van der Waals surface area contributed by atoms with Crippen LogP contribution in [-0.4, -0.2) is 20.1 Å². The molecule has 142 valence electrons. The van der Waals surface area contributed by atoms with Gasteiger partial charge in [0.25, 0.3) is 0 Å². The van der Waals surface area contributed by atoms with E-state index in [1.165, 1.54) is 77.0 Å². The Morgan fingerprint density at radius 3 is 2.04 bits per heavy atom. The summed E-state index contributed by atoms with van der Waals surface area (Å²) in [4.78, 5) is 0. The Labute approximate surface area is 161 Å². The molecule has 0 atom stereocenters. The molecule has 0 aromatic rings. The maximum Gasteiger partial charge on any atom is 0.237 e. The van der Waals surface area contributed by atoms with Crippen molar-refractivity contribution in [1.29, 1.82) is 0 Å². The Bertz CT molecular complexity index is 311. The van der Waals surface area contributed by atoms with Crippen LogP contribution in [0.25, 0.3) is 0 Å². The summed E-state index contributed by atoms with van der Waals surface area (Å²) in [6.07, 6.45) is 18.7. The molecule has 0 bridgehead atoms. The first-order chi connectivity index (χ1) is 11.7. The summed E-state index contributed by atoms with van der Waals surface area (Å²) in [5, 5.41) is 0. The zero-order valence-electron chi connectivity index (χ0n) is 15.7. The van der Waals surface area contributed by atoms with Gasteiger partial charge in [0.2, 0.25) is 7.42 Å². The van der Waals surface area contributed by atoms with Crippen LogP contribution >= 0.6 is 22.2 Å². The average Bonchev–Trinajstić information content (AvgIpc) is 2.60. The Kier molecular flexibility index (Phi) is 10.7. The monoisotopic (exact) mass is 392 g/mol. The highest BCUT2D eigenvalue weighted by Gasteiger charge is 2.30. The third kappa shape index (κ3) is 7.97. The van der Waals surface area contributed by atoms with Gasteiger partial charge in [-0.15, -0.1) is 0 Å². The lowest BCUT2D eigenvalue weighted by Crippen LogP contribution is -2.28. The van der Waals surface area contributed by atoms with Gasteiger partial charge in [-0.1, -0.05) is 45.4 Å². The van der Waals surface area contributed by atoms with Crippen LogP contribution in [0.15, 0.2) is 0 Å². The van der Waals surface area contributed by atoms with Gasteiger partial charge < -0.3 is 4.74 Å². The Morgan fingerprint density at radius 1 is 0.833 bits per heavy atom. The Morgan fingerprint density at radius 2 is 1.46 bits per heavy atom. The maximum atomic E-state index is 6.05. The van der Waals surface area contributed by atoms with Crippen molar-refractivity contribution in [3.05, 3.63) is 0 Å². The highest BCUT2D eigenvalue weighted by molar-refractivity contribution is 7.33. The number of ether oxygens (including phenoxy) is 1. The molecule has 0 unspecified atom stereocenters. The molecule has 0 aliphatic heterocycles. The molecule has 0 spiro atoms. The average molecular weight is 394 g/mol. The SMILES string of the molecule is CCCCC[C@H]1CC[C@H]([C@H]2CC[C@H](OCCC[SiH](Cl)Cl)CC2)CC1. The van der Waals surface area contributed by atoms with Gasteiger partial charge in [-0.25, -0.2) is 0 Å². The van der Waals surface area contributed by atoms with Crippen LogP contribution < -0.4 is 0 Å². The van der Waals surface area contributed by atoms with Crippen LogP contribution in [-0.2, 0) is 4.74 Å². The molecule has 2 rings (SSSR count). The van der Waals surface area contributed by atoms with E-state index in [0.29, 0.717) is 6.10 Å². The lowest BCUT2D eigenvalue weighted by atomic mass is 9.70. The molecule has 0 saturated heterocycles. The van der Waals surface area contributed by atoms with Gasteiger partial charge in [0.15, 0.2) is 0 Å². The van der Waals surface area contributed by atoms with Crippen LogP contribution in [0, 0.1) is 17.8 Å². The lowest BCUT2D eigenvalue weighted by molar-refractivity contribution is 0.00728. The van der Waals surface area contributed by atoms with Crippen LogP contribution in [0.1, 0.15) is 90.4 Å². The van der Waals surface area contributed by atoms with Crippen molar-refractivity contribution in [3.8, 4) is 0 Å². The van der Waals surface area contributed by atoms with Crippen molar-refractivity contribution in [2.45, 2.75) is 103 Å². The van der Waals surface area contributed by atoms with E-state index in [4.69, 9.17) is 26.9 Å². The molecule has 2 aliphatic rings. The first kappa shape index (κ1) is 21.1. The molecule has 0 heterocycles. The molecule has 0 aromatic carbocycles. The number of halogens is 2. The normalized spacial score (nSPS) is 31.5. The first-order valence-corrected chi connectivity index (χ1v) is 14.9. The molecule has 1 nitrogen and oxygen atoms in total. The molecule has 4 heteroatoms. The predicted molar refractivity (Wildman–Crippen MR) is 110 cm³/mol. The summed E-state index contributed by atoms with van der Waals surface area (Å²) in [7, 11) is -1.42. The van der Waals surface area contributed by atoms with Crippen LogP contribution in [0.5, 0.6) is 0 Å². The van der Waals surface area contributed by atoms with Gasteiger partial charge in [-0.05, 0) is 68.7 Å². The standard InChI is InChI=1S/C20H38Cl2OSi/c1-2-3-4-6-17-7-9-18(10-8-17)19-11-13-20(14-12-19)23-15-5-16-24(21)22/h17-20,24H,2-16H2,1H3/t17-,18-,19-,20-. The molecule has 0 radical (unpaired) electrons. The van der Waals surface area contributed by atoms with Crippen LogP contribution in [0.3, 0.4) is 0 Å². The third-order valence-electron chi connectivity index (χ3n) is 6.41. The summed E-state index contributed by atoms with van der Waals surface area (Å²) >= 11 is 11.8. The molecular weight excluding hydrogens is 355 g/mol. The summed E-state index contributed by atoms with van der Waals surface area (Å²) < 4.78 is 6.05. The minimum Gasteiger partial charge on any atom is -0.378 e. The van der Waals surface area contributed by atoms with E-state index >= 15 is 0 Å². The van der Waals surface area contributed by atoms with Gasteiger partial charge in [-0.2, -0.15) is 22.2 Å². The van der Waals surface area contributed by atoms with Crippen molar-refractivity contribution >= 4 is 29.6 Å². The molecule has 2 aliphatic carbocycles. The minimum atomic E-state index is -1.42. The molecule has 0 amide bonds. The summed E-state index contributed by atoms with van der Waals surface area (Å²) in [5.74, 6) is 3.06. The lowest BCUT2D eigenvalue weighted by Gasteiger charge is -2.38. The second-order valence-electron chi connectivity index (χ2n) is 8.22. The van der Waals surface area contributed by atoms with Gasteiger partial charge >= 0.3 is 0 Å². The number of hydrogen-bond donors (Lipinski definition) is 0. The highest BCUT2D eigenvalue weighted by atomic mass is 35.7. The van der Waals surface area contributed by atoms with E-state index in [-0.39, 0.29) is 0 Å². The number of hydrogen-bond acceptors (Lipinski definition) is 1. The molecule has 24 heavy (non-hydrogen) atoms. The first-order valence-electron chi connectivity index (χ1n) is 10.6. The van der Waals surface area contributed by atoms with E-state index in [1.807, 2.05) is 0 Å². The third-order valence-corrected chi connectivity index (χ3v) is 8.57. The van der Waals surface area contributed by atoms with Crippen molar-refractivity contribution in [3.63, 3.8) is 0 Å². The highest BCUT2D eigenvalue weighted by Crippen LogP contribution is 2.41. The molecule has 0 N–H and O–H groups in total. The number of rotatable bonds is 10. The van der Waals surface area contributed by atoms with Crippen molar-refractivity contribution < 1.29 is 4.74 Å². The fraction of sp³-hybridized carbons (Fsp3) is 1.00. The molecule has 0 aromatic heterocycles. The number of unbranched alkanes of at least 4 members (excludes halogenated alkanes) is 2. The quantitative estimate of drug-likeness (QED) is 0.220. The molecule has 2 saturated carbocycles. The van der Waals surface area contributed by atoms with Gasteiger partial charge in [-0.3, -0.25) is 0 Å². The van der Waals surface area contributed by atoms with Crippen molar-refractivity contribution in [2.75, 3.05) is 6.61 Å². The zero-order valence-corrected chi connectivity index (χ0v) is 18.3. The Hall–Kier alpha value is 0.757. The minimum absolute atomic E-state index is 0.511.